The number of rotatable bonds is 2. The third-order valence-corrected chi connectivity index (χ3v) is 4.78. The molecule has 0 atom stereocenters. The molecule has 0 unspecified atom stereocenters. The molecule has 0 saturated carbocycles. The molecule has 0 nitrogen and oxygen atoms in total. The molecule has 0 aliphatic carbocycles. The predicted molar refractivity (Wildman–Crippen MR) is 84.5 cm³/mol. The second kappa shape index (κ2) is 6.02. The first kappa shape index (κ1) is 14.5. The van der Waals surface area contributed by atoms with Gasteiger partial charge in [0.15, 0.2) is 0 Å². The molecular weight excluding hydrogens is 378 g/mol. The van der Waals surface area contributed by atoms with Gasteiger partial charge < -0.3 is 0 Å². The number of hydrogen-bond acceptors (Lipinski definition) is 0. The molecule has 0 aromatic heterocycles. The lowest BCUT2D eigenvalue weighted by Gasteiger charge is -2.10. The number of benzene rings is 2. The van der Waals surface area contributed by atoms with Crippen LogP contribution < -0.4 is 0 Å². The highest BCUT2D eigenvalue weighted by Gasteiger charge is 2.13. The topological polar surface area (TPSA) is 0 Å². The smallest absolute Gasteiger partial charge is 0.0784 e. The van der Waals surface area contributed by atoms with Crippen molar-refractivity contribution in [3.8, 4) is 11.1 Å². The average molecular weight is 385 g/mol. The standard InChI is InChI=1S/C13H7BrCl4/c14-6-7-1-3-10(15)9(5-7)8-2-4-11(16)13(18)12(8)17/h1-5H,6H2. The lowest BCUT2D eigenvalue weighted by molar-refractivity contribution is 1.43. The van der Waals surface area contributed by atoms with Crippen molar-refractivity contribution in [3.05, 3.63) is 56.0 Å². The summed E-state index contributed by atoms with van der Waals surface area (Å²) in [6.45, 7) is 0. The average Bonchev–Trinajstić information content (AvgIpc) is 2.37. The van der Waals surface area contributed by atoms with Crippen LogP contribution in [0.15, 0.2) is 30.3 Å². The third-order valence-electron chi connectivity index (χ3n) is 2.51. The molecule has 2 rings (SSSR count). The van der Waals surface area contributed by atoms with Gasteiger partial charge in [0, 0.05) is 21.5 Å². The van der Waals surface area contributed by atoms with Gasteiger partial charge in [0.1, 0.15) is 0 Å². The van der Waals surface area contributed by atoms with E-state index in [9.17, 15) is 0 Å². The van der Waals surface area contributed by atoms with Gasteiger partial charge in [0.05, 0.1) is 15.1 Å². The predicted octanol–water partition coefficient (Wildman–Crippen LogP) is 6.86. The van der Waals surface area contributed by atoms with Crippen molar-refractivity contribution in [2.75, 3.05) is 0 Å². The highest BCUT2D eigenvalue weighted by molar-refractivity contribution is 9.08. The Morgan fingerprint density at radius 3 is 2.11 bits per heavy atom. The molecule has 0 fully saturated rings. The van der Waals surface area contributed by atoms with Crippen molar-refractivity contribution in [1.29, 1.82) is 0 Å². The Hall–Kier alpha value is 0.0800. The summed E-state index contributed by atoms with van der Waals surface area (Å²) < 4.78 is 0. The fourth-order valence-corrected chi connectivity index (χ4v) is 2.80. The molecule has 94 valence electrons. The molecule has 0 N–H and O–H groups in total. The zero-order chi connectivity index (χ0) is 13.3. The summed E-state index contributed by atoms with van der Waals surface area (Å²) in [5.74, 6) is 0. The Labute approximate surface area is 134 Å². The first-order valence-corrected chi connectivity index (χ1v) is 7.66. The van der Waals surface area contributed by atoms with Gasteiger partial charge in [-0.05, 0) is 23.8 Å². The maximum absolute atomic E-state index is 6.21. The second-order valence-electron chi connectivity index (χ2n) is 3.67. The van der Waals surface area contributed by atoms with Crippen molar-refractivity contribution >= 4 is 62.3 Å². The van der Waals surface area contributed by atoms with E-state index in [0.29, 0.717) is 20.1 Å². The van der Waals surface area contributed by atoms with E-state index in [-0.39, 0.29) is 0 Å². The molecule has 0 aliphatic heterocycles. The number of halogens is 5. The van der Waals surface area contributed by atoms with E-state index in [2.05, 4.69) is 15.9 Å². The summed E-state index contributed by atoms with van der Waals surface area (Å²) in [6.07, 6.45) is 0. The van der Waals surface area contributed by atoms with Crippen molar-refractivity contribution in [1.82, 2.24) is 0 Å². The van der Waals surface area contributed by atoms with Gasteiger partial charge in [-0.2, -0.15) is 0 Å². The maximum Gasteiger partial charge on any atom is 0.0784 e. The van der Waals surface area contributed by atoms with Crippen LogP contribution >= 0.6 is 62.3 Å². The van der Waals surface area contributed by atoms with Gasteiger partial charge in [-0.3, -0.25) is 0 Å². The first-order chi connectivity index (χ1) is 8.54. The quantitative estimate of drug-likeness (QED) is 0.391. The van der Waals surface area contributed by atoms with E-state index in [1.807, 2.05) is 24.3 Å². The molecular formula is C13H7BrCl4. The van der Waals surface area contributed by atoms with Gasteiger partial charge in [0.2, 0.25) is 0 Å². The minimum Gasteiger partial charge on any atom is -0.0876 e. The van der Waals surface area contributed by atoms with E-state index in [0.717, 1.165) is 22.0 Å². The molecule has 0 spiro atoms. The summed E-state index contributed by atoms with van der Waals surface area (Å²) in [5.41, 5.74) is 2.73. The minimum absolute atomic E-state index is 0.344. The second-order valence-corrected chi connectivity index (χ2v) is 5.80. The molecule has 0 heterocycles. The van der Waals surface area contributed by atoms with E-state index in [1.165, 1.54) is 0 Å². The van der Waals surface area contributed by atoms with E-state index < -0.39 is 0 Å². The maximum atomic E-state index is 6.21. The minimum atomic E-state index is 0.344. The lowest BCUT2D eigenvalue weighted by Crippen LogP contribution is -1.86. The zero-order valence-electron chi connectivity index (χ0n) is 8.98. The highest BCUT2D eigenvalue weighted by Crippen LogP contribution is 2.40. The first-order valence-electron chi connectivity index (χ1n) is 5.03. The normalized spacial score (nSPS) is 10.7. The van der Waals surface area contributed by atoms with Gasteiger partial charge in [-0.15, -0.1) is 0 Å². The molecule has 2 aromatic rings. The van der Waals surface area contributed by atoms with Crippen LogP contribution in [0.2, 0.25) is 20.1 Å². The van der Waals surface area contributed by atoms with Crippen LogP contribution in [0.1, 0.15) is 5.56 Å². The zero-order valence-corrected chi connectivity index (χ0v) is 13.6. The Morgan fingerprint density at radius 1 is 0.778 bits per heavy atom. The van der Waals surface area contributed by atoms with Crippen molar-refractivity contribution in [3.63, 3.8) is 0 Å². The Morgan fingerprint density at radius 2 is 1.44 bits per heavy atom. The highest BCUT2D eigenvalue weighted by atomic mass is 79.9. The van der Waals surface area contributed by atoms with E-state index in [1.54, 1.807) is 6.07 Å². The van der Waals surface area contributed by atoms with Crippen LogP contribution in [0, 0.1) is 0 Å². The van der Waals surface area contributed by atoms with Crippen LogP contribution in [0.25, 0.3) is 11.1 Å². The van der Waals surface area contributed by atoms with E-state index in [4.69, 9.17) is 46.4 Å². The Bertz CT molecular complexity index is 596. The Balaban J connectivity index is 2.65. The van der Waals surface area contributed by atoms with Crippen LogP contribution in [0.3, 0.4) is 0 Å². The van der Waals surface area contributed by atoms with Gasteiger partial charge in [-0.1, -0.05) is 74.5 Å². The summed E-state index contributed by atoms with van der Waals surface area (Å²) >= 11 is 27.8. The fourth-order valence-electron chi connectivity index (χ4n) is 1.60. The lowest BCUT2D eigenvalue weighted by atomic mass is 10.0. The van der Waals surface area contributed by atoms with Crippen molar-refractivity contribution in [2.24, 2.45) is 0 Å². The molecule has 0 radical (unpaired) electrons. The van der Waals surface area contributed by atoms with Gasteiger partial charge in [0.25, 0.3) is 0 Å². The number of alkyl halides is 1. The molecule has 18 heavy (non-hydrogen) atoms. The summed E-state index contributed by atoms with van der Waals surface area (Å²) in [7, 11) is 0. The van der Waals surface area contributed by atoms with Crippen molar-refractivity contribution < 1.29 is 0 Å². The van der Waals surface area contributed by atoms with Gasteiger partial charge in [-0.25, -0.2) is 0 Å². The summed E-state index contributed by atoms with van der Waals surface area (Å²) in [5, 5.41) is 2.56. The third kappa shape index (κ3) is 2.81. The molecule has 0 bridgehead atoms. The van der Waals surface area contributed by atoms with Crippen LogP contribution in [-0.4, -0.2) is 0 Å². The molecule has 0 aliphatic rings. The Kier molecular flexibility index (Phi) is 4.85. The van der Waals surface area contributed by atoms with Crippen molar-refractivity contribution in [2.45, 2.75) is 5.33 Å². The van der Waals surface area contributed by atoms with Gasteiger partial charge >= 0.3 is 0 Å². The fraction of sp³-hybridized carbons (Fsp3) is 0.0769. The molecule has 5 heteroatoms. The molecule has 0 saturated heterocycles. The summed E-state index contributed by atoms with van der Waals surface area (Å²) in [6, 6.07) is 9.29. The SMILES string of the molecule is Clc1ccc(CBr)cc1-c1ccc(Cl)c(Cl)c1Cl. The molecule has 0 amide bonds. The van der Waals surface area contributed by atoms with Crippen LogP contribution in [0.4, 0.5) is 0 Å². The largest absolute Gasteiger partial charge is 0.0876 e. The van der Waals surface area contributed by atoms with E-state index >= 15 is 0 Å². The summed E-state index contributed by atoms with van der Waals surface area (Å²) in [4.78, 5) is 0. The molecule has 2 aromatic carbocycles. The van der Waals surface area contributed by atoms with Crippen LogP contribution in [-0.2, 0) is 5.33 Å². The monoisotopic (exact) mass is 382 g/mol. The van der Waals surface area contributed by atoms with Crippen LogP contribution in [0.5, 0.6) is 0 Å². The number of hydrogen-bond donors (Lipinski definition) is 0.